The van der Waals surface area contributed by atoms with E-state index < -0.39 is 32.2 Å². The van der Waals surface area contributed by atoms with E-state index in [9.17, 15) is 23.3 Å². The van der Waals surface area contributed by atoms with Crippen LogP contribution in [0.2, 0.25) is 5.02 Å². The van der Waals surface area contributed by atoms with Crippen molar-refractivity contribution in [3.63, 3.8) is 0 Å². The van der Waals surface area contributed by atoms with Crippen molar-refractivity contribution < 1.29 is 18.1 Å². The number of hydrogen-bond acceptors (Lipinski definition) is 11. The van der Waals surface area contributed by atoms with Gasteiger partial charge < -0.3 is 15.5 Å². The zero-order valence-corrected chi connectivity index (χ0v) is 36.4. The highest BCUT2D eigenvalue weighted by Gasteiger charge is 2.26. The summed E-state index contributed by atoms with van der Waals surface area (Å²) in [5, 5.41) is 19.7. The second-order valence-electron chi connectivity index (χ2n) is 15.9. The molecule has 2 heterocycles. The highest BCUT2D eigenvalue weighted by Crippen LogP contribution is 2.33. The normalized spacial score (nSPS) is 14.1. The number of thioether (sulfide) groups is 1. The molecule has 0 radical (unpaired) electrons. The molecule has 0 bridgehead atoms. The summed E-state index contributed by atoms with van der Waals surface area (Å²) in [4.78, 5) is 38.8. The standard InChI is InChI=1S/C45H47ClN8O5S2/c1-45(2,3)50-43(55)25-34(29-60-36-10-5-4-6-11-36)49-40-20-18-37(27-42(40)54(56)57)61(58,59)51-44-39-19-17-35(26-41(39)47-30-48-44)53-23-21-52(22-24-53)28-32-9-7-8-12-38(32)31-13-15-33(46)16-14-31/h4-20,26-27,30,34,49H,21-25,28-29H2,1-3H3,(H,50,55)(H,47,48,51). The number of nitro groups is 1. The lowest BCUT2D eigenvalue weighted by molar-refractivity contribution is -0.384. The van der Waals surface area contributed by atoms with E-state index in [-0.39, 0.29) is 28.7 Å². The summed E-state index contributed by atoms with van der Waals surface area (Å²) in [6.45, 7) is 9.72. The minimum absolute atomic E-state index is 0.0371. The molecule has 3 N–H and O–H groups in total. The van der Waals surface area contributed by atoms with Gasteiger partial charge in [0.1, 0.15) is 12.0 Å². The van der Waals surface area contributed by atoms with Crippen LogP contribution in [0.1, 0.15) is 32.8 Å². The van der Waals surface area contributed by atoms with Crippen molar-refractivity contribution in [1.29, 1.82) is 0 Å². The molecule has 1 aliphatic heterocycles. The Hall–Kier alpha value is -5.74. The number of aromatic nitrogens is 2. The van der Waals surface area contributed by atoms with E-state index in [1.165, 1.54) is 41.3 Å². The topological polar surface area (TPSA) is 163 Å². The van der Waals surface area contributed by atoms with Gasteiger partial charge in [-0.2, -0.15) is 0 Å². The van der Waals surface area contributed by atoms with Crippen molar-refractivity contribution in [2.45, 2.75) is 55.1 Å². The number of hydrogen-bond donors (Lipinski definition) is 3. The van der Waals surface area contributed by atoms with E-state index in [1.807, 2.05) is 87.5 Å². The summed E-state index contributed by atoms with van der Waals surface area (Å²) in [6, 6.07) is 34.7. The monoisotopic (exact) mass is 878 g/mol. The van der Waals surface area contributed by atoms with Gasteiger partial charge in [-0.3, -0.25) is 24.5 Å². The molecule has 13 nitrogen and oxygen atoms in total. The Balaban J connectivity index is 1.03. The number of nitro benzene ring substituents is 1. The number of nitrogens with one attached hydrogen (secondary N) is 3. The van der Waals surface area contributed by atoms with E-state index >= 15 is 0 Å². The number of carbonyl (C=O) groups is 1. The molecule has 0 aliphatic carbocycles. The van der Waals surface area contributed by atoms with Crippen LogP contribution in [0, 0.1) is 10.1 Å². The lowest BCUT2D eigenvalue weighted by atomic mass is 9.99. The van der Waals surface area contributed by atoms with Crippen LogP contribution in [-0.2, 0) is 21.4 Å². The first kappa shape index (κ1) is 43.4. The van der Waals surface area contributed by atoms with Crippen LogP contribution in [0.15, 0.2) is 131 Å². The second kappa shape index (κ2) is 18.9. The highest BCUT2D eigenvalue weighted by atomic mass is 35.5. The third-order valence-corrected chi connectivity index (χ3v) is 12.9. The van der Waals surface area contributed by atoms with Crippen molar-refractivity contribution >= 4 is 73.1 Å². The van der Waals surface area contributed by atoms with E-state index in [0.717, 1.165) is 54.9 Å². The summed E-state index contributed by atoms with van der Waals surface area (Å²) < 4.78 is 30.1. The van der Waals surface area contributed by atoms with Gasteiger partial charge in [-0.15, -0.1) is 11.8 Å². The summed E-state index contributed by atoms with van der Waals surface area (Å²) in [7, 11) is -4.34. The fraction of sp³-hybridized carbons (Fsp3) is 0.267. The Kier molecular flexibility index (Phi) is 13.4. The summed E-state index contributed by atoms with van der Waals surface area (Å²) in [6.07, 6.45) is 1.33. The molecule has 6 aromatic rings. The second-order valence-corrected chi connectivity index (χ2v) is 19.1. The van der Waals surface area contributed by atoms with Gasteiger partial charge in [-0.1, -0.05) is 66.2 Å². The van der Waals surface area contributed by atoms with Crippen LogP contribution >= 0.6 is 23.4 Å². The van der Waals surface area contributed by atoms with E-state index in [4.69, 9.17) is 11.6 Å². The van der Waals surface area contributed by atoms with E-state index in [2.05, 4.69) is 59.4 Å². The van der Waals surface area contributed by atoms with Gasteiger partial charge in [0.15, 0.2) is 5.82 Å². The SMILES string of the molecule is CC(C)(C)NC(=O)CC(CSc1ccccc1)Nc1ccc(S(=O)(=O)Nc2ncnc3cc(N4CCN(Cc5ccccc5-c5ccc(Cl)cc5)CC4)ccc23)cc1[N+](=O)[O-]. The molecule has 0 saturated carbocycles. The summed E-state index contributed by atoms with van der Waals surface area (Å²) in [5.74, 6) is 0.244. The van der Waals surface area contributed by atoms with Crippen LogP contribution in [0.25, 0.3) is 22.0 Å². The number of sulfonamides is 1. The number of fused-ring (bicyclic) bond motifs is 1. The lowest BCUT2D eigenvalue weighted by Gasteiger charge is -2.36. The maximum absolute atomic E-state index is 13.8. The molecule has 1 saturated heterocycles. The Morgan fingerprint density at radius 3 is 2.34 bits per heavy atom. The molecular formula is C45H47ClN8O5S2. The number of halogens is 1. The molecule has 1 fully saturated rings. The number of anilines is 3. The van der Waals surface area contributed by atoms with Crippen LogP contribution < -0.4 is 20.3 Å². The Bertz CT molecular complexity index is 2620. The first-order chi connectivity index (χ1) is 29.2. The predicted octanol–water partition coefficient (Wildman–Crippen LogP) is 8.86. The molecule has 1 amide bonds. The van der Waals surface area contributed by atoms with Gasteiger partial charge >= 0.3 is 0 Å². The average molecular weight is 880 g/mol. The molecule has 1 aliphatic rings. The minimum Gasteiger partial charge on any atom is -0.375 e. The number of nitrogens with zero attached hydrogens (tertiary/aromatic N) is 5. The summed E-state index contributed by atoms with van der Waals surface area (Å²) >= 11 is 7.64. The third kappa shape index (κ3) is 11.4. The maximum atomic E-state index is 13.8. The largest absolute Gasteiger partial charge is 0.375 e. The highest BCUT2D eigenvalue weighted by molar-refractivity contribution is 7.99. The zero-order chi connectivity index (χ0) is 43.1. The van der Waals surface area contributed by atoms with Crippen molar-refractivity contribution in [3.05, 3.63) is 142 Å². The fourth-order valence-electron chi connectivity index (χ4n) is 7.21. The number of rotatable bonds is 15. The molecule has 1 atom stereocenters. The zero-order valence-electron chi connectivity index (χ0n) is 34.0. The minimum atomic E-state index is -4.34. The van der Waals surface area contributed by atoms with Crippen molar-refractivity contribution in [1.82, 2.24) is 20.2 Å². The number of benzene rings is 5. The molecule has 7 rings (SSSR count). The fourth-order valence-corrected chi connectivity index (χ4v) is 9.33. The quantitative estimate of drug-likeness (QED) is 0.0513. The first-order valence-electron chi connectivity index (χ1n) is 19.8. The Morgan fingerprint density at radius 2 is 1.62 bits per heavy atom. The van der Waals surface area contributed by atoms with Crippen molar-refractivity contribution in [2.75, 3.05) is 46.9 Å². The molecular weight excluding hydrogens is 832 g/mol. The van der Waals surface area contributed by atoms with Crippen LogP contribution in [0.3, 0.4) is 0 Å². The van der Waals surface area contributed by atoms with Gasteiger partial charge in [-0.25, -0.2) is 18.4 Å². The molecule has 61 heavy (non-hydrogen) atoms. The van der Waals surface area contributed by atoms with Gasteiger partial charge in [0.2, 0.25) is 5.91 Å². The molecule has 316 valence electrons. The molecule has 0 spiro atoms. The number of amides is 1. The third-order valence-electron chi connectivity index (χ3n) is 10.1. The van der Waals surface area contributed by atoms with Gasteiger partial charge in [-0.05, 0) is 92.1 Å². The van der Waals surface area contributed by atoms with E-state index in [0.29, 0.717) is 21.7 Å². The van der Waals surface area contributed by atoms with Gasteiger partial charge in [0, 0.05) is 83.5 Å². The van der Waals surface area contributed by atoms with Gasteiger partial charge in [0.25, 0.3) is 15.7 Å². The van der Waals surface area contributed by atoms with Crippen LogP contribution in [0.5, 0.6) is 0 Å². The molecule has 16 heteroatoms. The Morgan fingerprint density at radius 1 is 0.902 bits per heavy atom. The molecule has 1 unspecified atom stereocenters. The number of carbonyl (C=O) groups excluding carboxylic acids is 1. The lowest BCUT2D eigenvalue weighted by Crippen LogP contribution is -2.46. The number of piperazine rings is 1. The summed E-state index contributed by atoms with van der Waals surface area (Å²) in [5.41, 5.74) is 4.24. The first-order valence-corrected chi connectivity index (χ1v) is 22.7. The van der Waals surface area contributed by atoms with E-state index in [1.54, 1.807) is 6.07 Å². The molecule has 5 aromatic carbocycles. The van der Waals surface area contributed by atoms with Crippen molar-refractivity contribution in [3.8, 4) is 11.1 Å². The molecule has 1 aromatic heterocycles. The van der Waals surface area contributed by atoms with Crippen LogP contribution in [-0.4, -0.2) is 77.6 Å². The van der Waals surface area contributed by atoms with Crippen molar-refractivity contribution in [2.24, 2.45) is 0 Å². The predicted molar refractivity (Wildman–Crippen MR) is 245 cm³/mol. The van der Waals surface area contributed by atoms with Crippen LogP contribution in [0.4, 0.5) is 22.9 Å². The Labute approximate surface area is 365 Å². The van der Waals surface area contributed by atoms with Gasteiger partial charge in [0.05, 0.1) is 15.3 Å². The maximum Gasteiger partial charge on any atom is 0.293 e. The smallest absolute Gasteiger partial charge is 0.293 e. The average Bonchev–Trinajstić information content (AvgIpc) is 3.23.